The summed E-state index contributed by atoms with van der Waals surface area (Å²) in [5.74, 6) is -0.706. The van der Waals surface area contributed by atoms with Gasteiger partial charge in [0.1, 0.15) is 5.82 Å². The normalized spacial score (nSPS) is 10.3. The van der Waals surface area contributed by atoms with Crippen molar-refractivity contribution in [2.45, 2.75) is 6.92 Å². The molecule has 1 aromatic heterocycles. The summed E-state index contributed by atoms with van der Waals surface area (Å²) in [6, 6.07) is 6.03. The molecule has 2 N–H and O–H groups in total. The van der Waals surface area contributed by atoms with Crippen LogP contribution in [0, 0.1) is 5.82 Å². The Morgan fingerprint density at radius 2 is 2.24 bits per heavy atom. The van der Waals surface area contributed by atoms with Crippen molar-refractivity contribution in [1.82, 2.24) is 4.98 Å². The second-order valence-electron chi connectivity index (χ2n) is 4.14. The second kappa shape index (κ2) is 6.87. The van der Waals surface area contributed by atoms with Crippen LogP contribution in [0.15, 0.2) is 34.9 Å². The van der Waals surface area contributed by atoms with E-state index >= 15 is 0 Å². The molecule has 21 heavy (non-hydrogen) atoms. The van der Waals surface area contributed by atoms with E-state index in [1.54, 1.807) is 18.3 Å². The summed E-state index contributed by atoms with van der Waals surface area (Å²) in [5.41, 5.74) is 0.334. The van der Waals surface area contributed by atoms with Crippen LogP contribution in [0.5, 0.6) is 0 Å². The number of nitrogens with zero attached hydrogens (tertiary/aromatic N) is 1. The molecule has 0 fully saturated rings. The number of hydrogen-bond donors (Lipinski definition) is 2. The maximum absolute atomic E-state index is 13.8. The van der Waals surface area contributed by atoms with E-state index in [4.69, 9.17) is 11.6 Å². The van der Waals surface area contributed by atoms with Gasteiger partial charge in [-0.3, -0.25) is 4.79 Å². The molecule has 110 valence electrons. The fourth-order valence-electron chi connectivity index (χ4n) is 1.71. The smallest absolute Gasteiger partial charge is 0.259 e. The summed E-state index contributed by atoms with van der Waals surface area (Å²) in [5, 5.41) is 5.43. The molecule has 2 rings (SSSR count). The lowest BCUT2D eigenvalue weighted by molar-refractivity contribution is 0.102. The Morgan fingerprint density at radius 3 is 2.95 bits per heavy atom. The van der Waals surface area contributed by atoms with E-state index in [9.17, 15) is 9.18 Å². The van der Waals surface area contributed by atoms with Gasteiger partial charge in [0.2, 0.25) is 0 Å². The summed E-state index contributed by atoms with van der Waals surface area (Å²) in [4.78, 5) is 16.4. The molecule has 0 aliphatic carbocycles. The molecule has 0 aliphatic heterocycles. The minimum absolute atomic E-state index is 0.0231. The second-order valence-corrected chi connectivity index (χ2v) is 5.46. The van der Waals surface area contributed by atoms with Gasteiger partial charge in [0.05, 0.1) is 16.3 Å². The minimum Gasteiger partial charge on any atom is -0.370 e. The first-order valence-electron chi connectivity index (χ1n) is 6.17. The number of benzene rings is 1. The number of hydrogen-bond acceptors (Lipinski definition) is 3. The van der Waals surface area contributed by atoms with Crippen LogP contribution in [0.2, 0.25) is 5.02 Å². The van der Waals surface area contributed by atoms with Crippen LogP contribution >= 0.6 is 27.5 Å². The van der Waals surface area contributed by atoms with E-state index in [1.807, 2.05) is 6.92 Å². The number of nitrogens with one attached hydrogen (secondary N) is 2. The van der Waals surface area contributed by atoms with Crippen molar-refractivity contribution in [3.8, 4) is 0 Å². The van der Waals surface area contributed by atoms with Crippen molar-refractivity contribution in [3.05, 3.63) is 51.3 Å². The molecular weight excluding hydrogens is 361 g/mol. The lowest BCUT2D eigenvalue weighted by Crippen LogP contribution is -2.16. The van der Waals surface area contributed by atoms with Gasteiger partial charge in [-0.05, 0) is 41.1 Å². The summed E-state index contributed by atoms with van der Waals surface area (Å²) in [7, 11) is 0. The fraction of sp³-hybridized carbons (Fsp3) is 0.143. The summed E-state index contributed by atoms with van der Waals surface area (Å²) < 4.78 is 14.5. The van der Waals surface area contributed by atoms with Gasteiger partial charge in [-0.25, -0.2) is 9.37 Å². The van der Waals surface area contributed by atoms with Crippen molar-refractivity contribution in [1.29, 1.82) is 0 Å². The molecule has 0 unspecified atom stereocenters. The topological polar surface area (TPSA) is 54.0 Å². The molecule has 7 heteroatoms. The van der Waals surface area contributed by atoms with Gasteiger partial charge < -0.3 is 10.6 Å². The van der Waals surface area contributed by atoms with Crippen LogP contribution < -0.4 is 10.6 Å². The maximum atomic E-state index is 13.8. The van der Waals surface area contributed by atoms with E-state index in [2.05, 4.69) is 31.5 Å². The average Bonchev–Trinajstić information content (AvgIpc) is 2.46. The number of aromatic nitrogens is 1. The van der Waals surface area contributed by atoms with Crippen molar-refractivity contribution in [2.24, 2.45) is 0 Å². The number of halogens is 3. The number of amides is 1. The Bertz CT molecular complexity index is 681. The van der Waals surface area contributed by atoms with Gasteiger partial charge in [-0.2, -0.15) is 0 Å². The Hall–Kier alpha value is -1.66. The molecule has 0 spiro atoms. The van der Waals surface area contributed by atoms with Crippen molar-refractivity contribution < 1.29 is 9.18 Å². The van der Waals surface area contributed by atoms with Crippen molar-refractivity contribution >= 4 is 44.9 Å². The molecule has 0 radical (unpaired) electrons. The number of rotatable bonds is 4. The van der Waals surface area contributed by atoms with Crippen molar-refractivity contribution in [2.75, 3.05) is 17.2 Å². The number of anilines is 2. The van der Waals surface area contributed by atoms with Crippen LogP contribution in [0.4, 0.5) is 15.9 Å². The zero-order valence-electron chi connectivity index (χ0n) is 11.1. The molecule has 4 nitrogen and oxygen atoms in total. The van der Waals surface area contributed by atoms with Crippen LogP contribution in [0.3, 0.4) is 0 Å². The summed E-state index contributed by atoms with van der Waals surface area (Å²) in [6.45, 7) is 2.50. The first-order chi connectivity index (χ1) is 10.0. The summed E-state index contributed by atoms with van der Waals surface area (Å²) in [6.07, 6.45) is 1.58. The van der Waals surface area contributed by atoms with Crippen LogP contribution in [-0.2, 0) is 0 Å². The summed E-state index contributed by atoms with van der Waals surface area (Å²) >= 11 is 8.95. The first kappa shape index (κ1) is 15.7. The fourth-order valence-corrected chi connectivity index (χ4v) is 2.22. The van der Waals surface area contributed by atoms with Crippen LogP contribution in [0.25, 0.3) is 0 Å². The van der Waals surface area contributed by atoms with E-state index < -0.39 is 11.7 Å². The third-order valence-electron chi connectivity index (χ3n) is 2.64. The van der Waals surface area contributed by atoms with E-state index in [0.29, 0.717) is 22.4 Å². The monoisotopic (exact) mass is 371 g/mol. The molecule has 0 saturated heterocycles. The van der Waals surface area contributed by atoms with Gasteiger partial charge in [-0.1, -0.05) is 17.7 Å². The molecule has 0 saturated carbocycles. The average molecular weight is 373 g/mol. The molecular formula is C14H12BrClFN3O. The Kier molecular flexibility index (Phi) is 5.14. The highest BCUT2D eigenvalue weighted by Gasteiger charge is 2.16. The van der Waals surface area contributed by atoms with Gasteiger partial charge >= 0.3 is 0 Å². The predicted molar refractivity (Wildman–Crippen MR) is 85.5 cm³/mol. The number of carbonyl (C=O) groups is 1. The minimum atomic E-state index is -0.666. The number of carbonyl (C=O) groups excluding carboxylic acids is 1. The predicted octanol–water partition coefficient (Wildman–Crippen LogP) is 4.32. The highest BCUT2D eigenvalue weighted by atomic mass is 79.9. The standard InChI is InChI=1S/C14H12BrClFN3O/c1-2-18-13-9(6-8(15)7-19-13)14(21)20-11-5-3-4-10(16)12(11)17/h3-7H,2H2,1H3,(H,18,19)(H,20,21). The lowest BCUT2D eigenvalue weighted by Gasteiger charge is -2.11. The molecule has 1 aromatic carbocycles. The highest BCUT2D eigenvalue weighted by Crippen LogP contribution is 2.24. The molecule has 2 aromatic rings. The Labute approximate surface area is 134 Å². The van der Waals surface area contributed by atoms with E-state index in [0.717, 1.165) is 0 Å². The van der Waals surface area contributed by atoms with Crippen LogP contribution in [-0.4, -0.2) is 17.4 Å². The third kappa shape index (κ3) is 3.71. The van der Waals surface area contributed by atoms with Crippen molar-refractivity contribution in [3.63, 3.8) is 0 Å². The SMILES string of the molecule is CCNc1ncc(Br)cc1C(=O)Nc1cccc(Cl)c1F. The maximum Gasteiger partial charge on any atom is 0.259 e. The largest absolute Gasteiger partial charge is 0.370 e. The van der Waals surface area contributed by atoms with E-state index in [-0.39, 0.29) is 10.7 Å². The molecule has 0 bridgehead atoms. The molecule has 0 aliphatic rings. The third-order valence-corrected chi connectivity index (χ3v) is 3.37. The van der Waals surface area contributed by atoms with Crippen LogP contribution in [0.1, 0.15) is 17.3 Å². The quantitative estimate of drug-likeness (QED) is 0.840. The van der Waals surface area contributed by atoms with Gasteiger partial charge in [0.25, 0.3) is 5.91 Å². The number of pyridine rings is 1. The van der Waals surface area contributed by atoms with Gasteiger partial charge in [-0.15, -0.1) is 0 Å². The zero-order valence-corrected chi connectivity index (χ0v) is 13.4. The first-order valence-corrected chi connectivity index (χ1v) is 7.34. The lowest BCUT2D eigenvalue weighted by atomic mass is 10.2. The highest BCUT2D eigenvalue weighted by molar-refractivity contribution is 9.10. The molecule has 1 amide bonds. The molecule has 0 atom stereocenters. The Balaban J connectivity index is 2.32. The van der Waals surface area contributed by atoms with E-state index in [1.165, 1.54) is 12.1 Å². The van der Waals surface area contributed by atoms with Gasteiger partial charge in [0, 0.05) is 17.2 Å². The van der Waals surface area contributed by atoms with Gasteiger partial charge in [0.15, 0.2) is 5.82 Å². The zero-order chi connectivity index (χ0) is 15.4. The Morgan fingerprint density at radius 1 is 1.48 bits per heavy atom. The molecule has 1 heterocycles.